The van der Waals surface area contributed by atoms with Gasteiger partial charge >= 0.3 is 6.09 Å². The van der Waals surface area contributed by atoms with E-state index in [2.05, 4.69) is 10.9 Å². The molecule has 0 aliphatic rings. The molecule has 0 saturated heterocycles. The predicted molar refractivity (Wildman–Crippen MR) is 85.0 cm³/mol. The second-order valence-corrected chi connectivity index (χ2v) is 4.78. The van der Waals surface area contributed by atoms with Crippen molar-refractivity contribution in [2.75, 3.05) is 13.7 Å². The summed E-state index contributed by atoms with van der Waals surface area (Å²) in [5, 5.41) is 0. The molecule has 24 heavy (non-hydrogen) atoms. The number of benzene rings is 2. The van der Waals surface area contributed by atoms with Gasteiger partial charge < -0.3 is 9.47 Å². The Kier molecular flexibility index (Phi) is 6.13. The van der Waals surface area contributed by atoms with Crippen molar-refractivity contribution >= 4 is 12.0 Å². The standard InChI is InChI=1S/C17H17FN2O4/c1-23-15-5-3-2-4-12(15)10-11-24-17(22)20-19-16(21)13-6-8-14(18)9-7-13/h2-9H,10-11H2,1H3,(H,19,21)(H,20,22). The molecule has 126 valence electrons. The van der Waals surface area contributed by atoms with Crippen molar-refractivity contribution in [1.29, 1.82) is 0 Å². The maximum atomic E-state index is 12.8. The third-order valence-corrected chi connectivity index (χ3v) is 3.18. The van der Waals surface area contributed by atoms with Crippen LogP contribution < -0.4 is 15.6 Å². The van der Waals surface area contributed by atoms with E-state index in [-0.39, 0.29) is 12.2 Å². The number of halogens is 1. The van der Waals surface area contributed by atoms with Gasteiger partial charge in [-0.1, -0.05) is 18.2 Å². The maximum absolute atomic E-state index is 12.8. The molecule has 2 N–H and O–H groups in total. The van der Waals surface area contributed by atoms with Crippen LogP contribution in [0.15, 0.2) is 48.5 Å². The Morgan fingerprint density at radius 2 is 1.75 bits per heavy atom. The van der Waals surface area contributed by atoms with Gasteiger partial charge in [-0.2, -0.15) is 0 Å². The molecule has 0 atom stereocenters. The van der Waals surface area contributed by atoms with E-state index in [0.29, 0.717) is 12.2 Å². The summed E-state index contributed by atoms with van der Waals surface area (Å²) in [4.78, 5) is 23.3. The van der Waals surface area contributed by atoms with E-state index >= 15 is 0 Å². The molecule has 0 aliphatic carbocycles. The van der Waals surface area contributed by atoms with Gasteiger partial charge in [-0.15, -0.1) is 0 Å². The summed E-state index contributed by atoms with van der Waals surface area (Å²) in [5.41, 5.74) is 5.42. The van der Waals surface area contributed by atoms with Gasteiger partial charge in [-0.05, 0) is 35.9 Å². The minimum atomic E-state index is -0.791. The van der Waals surface area contributed by atoms with E-state index in [1.54, 1.807) is 7.11 Å². The van der Waals surface area contributed by atoms with Crippen LogP contribution in [0, 0.1) is 5.82 Å². The van der Waals surface area contributed by atoms with Crippen molar-refractivity contribution in [3.05, 3.63) is 65.5 Å². The summed E-state index contributed by atoms with van der Waals surface area (Å²) >= 11 is 0. The number of carbonyl (C=O) groups excluding carboxylic acids is 2. The zero-order chi connectivity index (χ0) is 17.4. The molecule has 0 saturated carbocycles. The van der Waals surface area contributed by atoms with Gasteiger partial charge in [0.05, 0.1) is 13.7 Å². The van der Waals surface area contributed by atoms with Gasteiger partial charge in [0.2, 0.25) is 0 Å². The van der Waals surface area contributed by atoms with Crippen molar-refractivity contribution in [3.63, 3.8) is 0 Å². The zero-order valence-corrected chi connectivity index (χ0v) is 13.0. The van der Waals surface area contributed by atoms with Crippen molar-refractivity contribution in [2.24, 2.45) is 0 Å². The Bertz CT molecular complexity index is 704. The number of rotatable bonds is 5. The Morgan fingerprint density at radius 1 is 1.04 bits per heavy atom. The molecule has 0 spiro atoms. The lowest BCUT2D eigenvalue weighted by Gasteiger charge is -2.10. The summed E-state index contributed by atoms with van der Waals surface area (Å²) in [6, 6.07) is 12.3. The Labute approximate surface area is 138 Å². The van der Waals surface area contributed by atoms with Crippen LogP contribution in [0.5, 0.6) is 5.75 Å². The average molecular weight is 332 g/mol. The minimum Gasteiger partial charge on any atom is -0.496 e. The second-order valence-electron chi connectivity index (χ2n) is 4.78. The highest BCUT2D eigenvalue weighted by Crippen LogP contribution is 2.17. The molecule has 0 radical (unpaired) electrons. The van der Waals surface area contributed by atoms with Gasteiger partial charge in [-0.3, -0.25) is 10.2 Å². The van der Waals surface area contributed by atoms with E-state index in [0.717, 1.165) is 17.7 Å². The number of hydrogen-bond donors (Lipinski definition) is 2. The number of para-hydroxylation sites is 1. The Morgan fingerprint density at radius 3 is 2.46 bits per heavy atom. The minimum absolute atomic E-state index is 0.124. The first-order valence-corrected chi connectivity index (χ1v) is 7.20. The van der Waals surface area contributed by atoms with Crippen LogP contribution in [0.4, 0.5) is 9.18 Å². The first-order valence-electron chi connectivity index (χ1n) is 7.20. The molecular weight excluding hydrogens is 315 g/mol. The number of amides is 2. The third-order valence-electron chi connectivity index (χ3n) is 3.18. The van der Waals surface area contributed by atoms with Crippen LogP contribution in [-0.2, 0) is 11.2 Å². The van der Waals surface area contributed by atoms with Crippen molar-refractivity contribution in [1.82, 2.24) is 10.9 Å². The Hall–Kier alpha value is -3.09. The van der Waals surface area contributed by atoms with E-state index in [4.69, 9.17) is 9.47 Å². The predicted octanol–water partition coefficient (Wildman–Crippen LogP) is 2.45. The summed E-state index contributed by atoms with van der Waals surface area (Å²) in [5.74, 6) is -0.307. The van der Waals surface area contributed by atoms with Crippen molar-refractivity contribution in [2.45, 2.75) is 6.42 Å². The second kappa shape index (κ2) is 8.52. The lowest BCUT2D eigenvalue weighted by atomic mass is 10.1. The topological polar surface area (TPSA) is 76.7 Å². The highest BCUT2D eigenvalue weighted by atomic mass is 19.1. The first-order chi connectivity index (χ1) is 11.6. The Balaban J connectivity index is 1.73. The van der Waals surface area contributed by atoms with Gasteiger partial charge in [-0.25, -0.2) is 14.6 Å². The zero-order valence-electron chi connectivity index (χ0n) is 13.0. The smallest absolute Gasteiger partial charge is 0.426 e. The molecular formula is C17H17FN2O4. The average Bonchev–Trinajstić information content (AvgIpc) is 2.60. The molecule has 0 bridgehead atoms. The monoisotopic (exact) mass is 332 g/mol. The molecule has 2 aromatic carbocycles. The molecule has 2 amide bonds. The van der Waals surface area contributed by atoms with Crippen LogP contribution in [0.25, 0.3) is 0 Å². The lowest BCUT2D eigenvalue weighted by molar-refractivity contribution is 0.0910. The molecule has 2 aromatic rings. The van der Waals surface area contributed by atoms with Crippen LogP contribution in [0.3, 0.4) is 0 Å². The highest BCUT2D eigenvalue weighted by Gasteiger charge is 2.08. The molecule has 7 heteroatoms. The fourth-order valence-corrected chi connectivity index (χ4v) is 1.98. The van der Waals surface area contributed by atoms with Crippen LogP contribution in [-0.4, -0.2) is 25.7 Å². The maximum Gasteiger partial charge on any atom is 0.426 e. The normalized spacial score (nSPS) is 9.92. The molecule has 0 aromatic heterocycles. The van der Waals surface area contributed by atoms with Gasteiger partial charge in [0, 0.05) is 12.0 Å². The molecule has 0 unspecified atom stereocenters. The molecule has 2 rings (SSSR count). The number of ether oxygens (including phenoxy) is 2. The van der Waals surface area contributed by atoms with Gasteiger partial charge in [0.1, 0.15) is 11.6 Å². The summed E-state index contributed by atoms with van der Waals surface area (Å²) in [6.45, 7) is 0.124. The number of methoxy groups -OCH3 is 1. The molecule has 6 nitrogen and oxygen atoms in total. The lowest BCUT2D eigenvalue weighted by Crippen LogP contribution is -2.42. The number of carbonyl (C=O) groups is 2. The van der Waals surface area contributed by atoms with E-state index in [1.807, 2.05) is 24.3 Å². The van der Waals surface area contributed by atoms with Crippen LogP contribution >= 0.6 is 0 Å². The van der Waals surface area contributed by atoms with Gasteiger partial charge in [0.25, 0.3) is 5.91 Å². The number of nitrogens with one attached hydrogen (secondary N) is 2. The first kappa shape index (κ1) is 17.3. The van der Waals surface area contributed by atoms with E-state index < -0.39 is 17.8 Å². The molecule has 0 heterocycles. The SMILES string of the molecule is COc1ccccc1CCOC(=O)NNC(=O)c1ccc(F)cc1. The molecule has 0 aliphatic heterocycles. The number of hydrazine groups is 1. The summed E-state index contributed by atoms with van der Waals surface area (Å²) in [7, 11) is 1.57. The highest BCUT2D eigenvalue weighted by molar-refractivity contribution is 5.94. The van der Waals surface area contributed by atoms with Crippen molar-refractivity contribution in [3.8, 4) is 5.75 Å². The fraction of sp³-hybridized carbons (Fsp3) is 0.176. The quantitative estimate of drug-likeness (QED) is 0.825. The van der Waals surface area contributed by atoms with Gasteiger partial charge in [0.15, 0.2) is 0 Å². The van der Waals surface area contributed by atoms with E-state index in [1.165, 1.54) is 12.1 Å². The third kappa shape index (κ3) is 4.98. The number of hydrogen-bond acceptors (Lipinski definition) is 4. The molecule has 0 fully saturated rings. The largest absolute Gasteiger partial charge is 0.496 e. The van der Waals surface area contributed by atoms with Crippen LogP contribution in [0.2, 0.25) is 0 Å². The summed E-state index contributed by atoms with van der Waals surface area (Å²) < 4.78 is 22.9. The van der Waals surface area contributed by atoms with E-state index in [9.17, 15) is 14.0 Å². The summed E-state index contributed by atoms with van der Waals surface area (Å²) in [6.07, 6.45) is -0.316. The fourth-order valence-electron chi connectivity index (χ4n) is 1.98. The van der Waals surface area contributed by atoms with Crippen LogP contribution in [0.1, 0.15) is 15.9 Å². The van der Waals surface area contributed by atoms with Crippen molar-refractivity contribution < 1.29 is 23.5 Å².